The Morgan fingerprint density at radius 2 is 1.77 bits per heavy atom. The molecule has 2 heterocycles. The van der Waals surface area contributed by atoms with Gasteiger partial charge in [0.2, 0.25) is 0 Å². The summed E-state index contributed by atoms with van der Waals surface area (Å²) in [5.41, 5.74) is 5.31. The Hall–Kier alpha value is -3.44. The third kappa shape index (κ3) is 4.37. The second kappa shape index (κ2) is 8.74. The van der Waals surface area contributed by atoms with Gasteiger partial charge in [0.15, 0.2) is 5.78 Å². The molecule has 0 aliphatic carbocycles. The molecule has 31 heavy (non-hydrogen) atoms. The van der Waals surface area contributed by atoms with E-state index in [0.29, 0.717) is 18.6 Å². The summed E-state index contributed by atoms with van der Waals surface area (Å²) in [6.45, 7) is 3.63. The van der Waals surface area contributed by atoms with Crippen LogP contribution < -0.4 is 9.64 Å². The van der Waals surface area contributed by atoms with Crippen molar-refractivity contribution in [1.82, 2.24) is 0 Å². The number of morpholine rings is 1. The van der Waals surface area contributed by atoms with Crippen LogP contribution >= 0.6 is 0 Å². The monoisotopic (exact) mass is 412 g/mol. The number of ether oxygens (including phenoxy) is 2. The van der Waals surface area contributed by atoms with Gasteiger partial charge in [-0.15, -0.1) is 0 Å². The Morgan fingerprint density at radius 3 is 2.61 bits per heavy atom. The zero-order valence-electron chi connectivity index (χ0n) is 17.3. The zero-order valence-corrected chi connectivity index (χ0v) is 17.3. The van der Waals surface area contributed by atoms with E-state index >= 15 is 0 Å². The zero-order chi connectivity index (χ0) is 21.0. The highest BCUT2D eigenvalue weighted by Crippen LogP contribution is 2.32. The SMILES string of the molecule is O=C1CC(c2cccc(OCc3ccccc3)c2)=Nc2ccc(N3CCOCC3)cc21. The van der Waals surface area contributed by atoms with Crippen LogP contribution in [0.15, 0.2) is 77.8 Å². The van der Waals surface area contributed by atoms with Crippen LogP contribution in [0.5, 0.6) is 5.75 Å². The van der Waals surface area contributed by atoms with Gasteiger partial charge in [-0.1, -0.05) is 42.5 Å². The van der Waals surface area contributed by atoms with Gasteiger partial charge in [-0.25, -0.2) is 0 Å². The Balaban J connectivity index is 1.36. The number of benzene rings is 3. The molecule has 1 fully saturated rings. The molecule has 1 saturated heterocycles. The summed E-state index contributed by atoms with van der Waals surface area (Å²) >= 11 is 0. The quantitative estimate of drug-likeness (QED) is 0.604. The lowest BCUT2D eigenvalue weighted by atomic mass is 9.95. The first-order valence-corrected chi connectivity index (χ1v) is 10.6. The highest BCUT2D eigenvalue weighted by molar-refractivity contribution is 6.21. The lowest BCUT2D eigenvalue weighted by molar-refractivity contribution is 0.1000. The maximum Gasteiger partial charge on any atom is 0.171 e. The summed E-state index contributed by atoms with van der Waals surface area (Å²) in [6.07, 6.45) is 0.293. The number of nitrogens with zero attached hydrogens (tertiary/aromatic N) is 2. The molecule has 0 amide bonds. The van der Waals surface area contributed by atoms with Crippen LogP contribution in [0.3, 0.4) is 0 Å². The summed E-state index contributed by atoms with van der Waals surface area (Å²) in [7, 11) is 0. The number of ketones is 1. The lowest BCUT2D eigenvalue weighted by Gasteiger charge is -2.29. The third-order valence-corrected chi connectivity index (χ3v) is 5.66. The van der Waals surface area contributed by atoms with Gasteiger partial charge in [0.1, 0.15) is 12.4 Å². The average molecular weight is 412 g/mol. The van der Waals surface area contributed by atoms with Gasteiger partial charge in [0.25, 0.3) is 0 Å². The van der Waals surface area contributed by atoms with E-state index < -0.39 is 0 Å². The Bertz CT molecular complexity index is 1120. The fourth-order valence-corrected chi connectivity index (χ4v) is 3.97. The van der Waals surface area contributed by atoms with Crippen molar-refractivity contribution in [2.75, 3.05) is 31.2 Å². The second-order valence-electron chi connectivity index (χ2n) is 7.76. The topological polar surface area (TPSA) is 51.1 Å². The number of hydrogen-bond acceptors (Lipinski definition) is 5. The second-order valence-corrected chi connectivity index (χ2v) is 7.76. The summed E-state index contributed by atoms with van der Waals surface area (Å²) in [5.74, 6) is 0.871. The molecule has 0 unspecified atom stereocenters. The van der Waals surface area contributed by atoms with E-state index in [1.54, 1.807) is 0 Å². The molecule has 0 saturated carbocycles. The van der Waals surface area contributed by atoms with Gasteiger partial charge in [-0.3, -0.25) is 9.79 Å². The van der Waals surface area contributed by atoms with Gasteiger partial charge >= 0.3 is 0 Å². The van der Waals surface area contributed by atoms with E-state index in [4.69, 9.17) is 14.5 Å². The summed E-state index contributed by atoms with van der Waals surface area (Å²) in [4.78, 5) is 20.0. The smallest absolute Gasteiger partial charge is 0.171 e. The summed E-state index contributed by atoms with van der Waals surface area (Å²) in [5, 5.41) is 0. The van der Waals surface area contributed by atoms with Crippen LogP contribution in [0.25, 0.3) is 0 Å². The number of aliphatic imine (C=N–C) groups is 1. The molecule has 2 aliphatic heterocycles. The molecule has 0 spiro atoms. The first kappa shape index (κ1) is 19.5. The number of rotatable bonds is 5. The van der Waals surface area contributed by atoms with E-state index in [9.17, 15) is 4.79 Å². The van der Waals surface area contributed by atoms with Crippen LogP contribution in [0.4, 0.5) is 11.4 Å². The molecule has 3 aromatic carbocycles. The van der Waals surface area contributed by atoms with Crippen LogP contribution in [0.1, 0.15) is 27.9 Å². The molecule has 0 N–H and O–H groups in total. The van der Waals surface area contributed by atoms with Gasteiger partial charge in [0.05, 0.1) is 31.0 Å². The Morgan fingerprint density at radius 1 is 0.935 bits per heavy atom. The van der Waals surface area contributed by atoms with Gasteiger partial charge in [0, 0.05) is 29.9 Å². The van der Waals surface area contributed by atoms with Crippen molar-refractivity contribution in [3.8, 4) is 5.75 Å². The fraction of sp³-hybridized carbons (Fsp3) is 0.231. The molecule has 0 aromatic heterocycles. The minimum atomic E-state index is 0.103. The van der Waals surface area contributed by atoms with Crippen LogP contribution in [-0.4, -0.2) is 37.8 Å². The first-order chi connectivity index (χ1) is 15.3. The van der Waals surface area contributed by atoms with Crippen molar-refractivity contribution in [2.24, 2.45) is 4.99 Å². The minimum Gasteiger partial charge on any atom is -0.489 e. The van der Waals surface area contributed by atoms with E-state index in [1.807, 2.05) is 72.8 Å². The number of carbonyl (C=O) groups excluding carboxylic acids is 1. The molecule has 0 radical (unpaired) electrons. The van der Waals surface area contributed by atoms with Crippen molar-refractivity contribution in [3.63, 3.8) is 0 Å². The maximum absolute atomic E-state index is 12.9. The molecular formula is C26H24N2O3. The van der Waals surface area contributed by atoms with Gasteiger partial charge < -0.3 is 14.4 Å². The first-order valence-electron chi connectivity index (χ1n) is 10.6. The highest BCUT2D eigenvalue weighted by atomic mass is 16.5. The molecular weight excluding hydrogens is 388 g/mol. The van der Waals surface area contributed by atoms with Crippen molar-refractivity contribution >= 4 is 22.9 Å². The number of Topliss-reactive ketones (excluding diaryl/α,β-unsaturated/α-hetero) is 1. The number of carbonyl (C=O) groups is 1. The molecule has 0 atom stereocenters. The molecule has 2 aliphatic rings. The lowest BCUT2D eigenvalue weighted by Crippen LogP contribution is -2.36. The largest absolute Gasteiger partial charge is 0.489 e. The molecule has 0 bridgehead atoms. The Kier molecular flexibility index (Phi) is 5.50. The van der Waals surface area contributed by atoms with Gasteiger partial charge in [-0.05, 0) is 35.9 Å². The molecule has 5 rings (SSSR count). The average Bonchev–Trinajstić information content (AvgIpc) is 2.84. The normalized spacial score (nSPS) is 15.9. The van der Waals surface area contributed by atoms with Crippen LogP contribution in [-0.2, 0) is 11.3 Å². The molecule has 156 valence electrons. The third-order valence-electron chi connectivity index (χ3n) is 5.66. The predicted molar refractivity (Wildman–Crippen MR) is 122 cm³/mol. The summed E-state index contributed by atoms with van der Waals surface area (Å²) < 4.78 is 11.4. The number of hydrogen-bond donors (Lipinski definition) is 0. The minimum absolute atomic E-state index is 0.103. The number of fused-ring (bicyclic) bond motifs is 1. The highest BCUT2D eigenvalue weighted by Gasteiger charge is 2.23. The molecule has 5 heteroatoms. The standard InChI is InChI=1S/C26H24N2O3/c29-26-17-25(20-7-4-8-22(15-20)31-18-19-5-2-1-3-6-19)27-24-10-9-21(16-23(24)26)28-11-13-30-14-12-28/h1-10,15-16H,11-14,17-18H2. The summed E-state index contributed by atoms with van der Waals surface area (Å²) in [6, 6.07) is 23.9. The van der Waals surface area contributed by atoms with E-state index in [-0.39, 0.29) is 5.78 Å². The van der Waals surface area contributed by atoms with E-state index in [1.165, 1.54) is 0 Å². The van der Waals surface area contributed by atoms with Crippen molar-refractivity contribution in [1.29, 1.82) is 0 Å². The number of anilines is 1. The van der Waals surface area contributed by atoms with E-state index in [0.717, 1.165) is 60.3 Å². The van der Waals surface area contributed by atoms with Crippen LogP contribution in [0.2, 0.25) is 0 Å². The van der Waals surface area contributed by atoms with Gasteiger partial charge in [-0.2, -0.15) is 0 Å². The predicted octanol–water partition coefficient (Wildman–Crippen LogP) is 4.81. The fourth-order valence-electron chi connectivity index (χ4n) is 3.97. The van der Waals surface area contributed by atoms with Crippen molar-refractivity contribution in [3.05, 3.63) is 89.5 Å². The molecule has 5 nitrogen and oxygen atoms in total. The van der Waals surface area contributed by atoms with Crippen molar-refractivity contribution < 1.29 is 14.3 Å². The van der Waals surface area contributed by atoms with E-state index in [2.05, 4.69) is 4.90 Å². The van der Waals surface area contributed by atoms with Crippen molar-refractivity contribution in [2.45, 2.75) is 13.0 Å². The van der Waals surface area contributed by atoms with Crippen LogP contribution in [0, 0.1) is 0 Å². The molecule has 3 aromatic rings. The Labute approximate surface area is 181 Å². The maximum atomic E-state index is 12.9.